The molecular formula is C16H11Cl2N5O3S. The Bertz CT molecular complexity index is 1040. The largest absolute Gasteiger partial charge is 0.321 e. The van der Waals surface area contributed by atoms with Crippen molar-refractivity contribution in [1.29, 1.82) is 0 Å². The van der Waals surface area contributed by atoms with Gasteiger partial charge < -0.3 is 9.88 Å². The lowest BCUT2D eigenvalue weighted by molar-refractivity contribution is -0.387. The molecule has 1 heterocycles. The van der Waals surface area contributed by atoms with Gasteiger partial charge in [-0.3, -0.25) is 14.9 Å². The maximum atomic E-state index is 12.5. The lowest BCUT2D eigenvalue weighted by Crippen LogP contribution is -2.12. The van der Waals surface area contributed by atoms with Crippen molar-refractivity contribution in [3.05, 3.63) is 68.4 Å². The number of amides is 1. The number of carbonyl (C=O) groups excluding carboxylic acids is 1. The Morgan fingerprint density at radius 3 is 2.70 bits per heavy atom. The minimum Gasteiger partial charge on any atom is -0.321 e. The summed E-state index contributed by atoms with van der Waals surface area (Å²) in [6.45, 7) is 0. The summed E-state index contributed by atoms with van der Waals surface area (Å²) in [5.74, 6) is -0.544. The van der Waals surface area contributed by atoms with E-state index in [-0.39, 0.29) is 11.3 Å². The van der Waals surface area contributed by atoms with Gasteiger partial charge in [0.25, 0.3) is 11.6 Å². The van der Waals surface area contributed by atoms with Crippen LogP contribution in [-0.2, 0) is 7.05 Å². The highest BCUT2D eigenvalue weighted by atomic mass is 35.5. The number of rotatable bonds is 5. The number of aromatic nitrogens is 3. The number of hydrogen-bond donors (Lipinski definition) is 1. The van der Waals surface area contributed by atoms with Crippen LogP contribution in [0.2, 0.25) is 10.0 Å². The van der Waals surface area contributed by atoms with Crippen molar-refractivity contribution in [3.63, 3.8) is 0 Å². The minimum atomic E-state index is -0.554. The summed E-state index contributed by atoms with van der Waals surface area (Å²) in [6, 6.07) is 8.80. The molecule has 0 aliphatic carbocycles. The standard InChI is InChI=1S/C16H11Cl2N5O3S/c1-22-8-19-21-16(22)27-14-5-2-9(6-13(14)23(25)26)15(24)20-12-7-10(17)3-4-11(12)18/h2-8H,1H3,(H,20,24). The fourth-order valence-corrected chi connectivity index (χ4v) is 3.33. The number of nitrogens with one attached hydrogen (secondary N) is 1. The molecule has 3 aromatic rings. The maximum Gasteiger partial charge on any atom is 0.284 e. The van der Waals surface area contributed by atoms with Gasteiger partial charge in [-0.2, -0.15) is 0 Å². The average Bonchev–Trinajstić information content (AvgIpc) is 3.03. The Hall–Kier alpha value is -2.62. The van der Waals surface area contributed by atoms with E-state index in [9.17, 15) is 14.9 Å². The molecule has 27 heavy (non-hydrogen) atoms. The highest BCUT2D eigenvalue weighted by Crippen LogP contribution is 2.34. The number of benzene rings is 2. The molecule has 8 nitrogen and oxygen atoms in total. The van der Waals surface area contributed by atoms with E-state index in [2.05, 4.69) is 15.5 Å². The Balaban J connectivity index is 1.89. The molecule has 0 aliphatic heterocycles. The highest BCUT2D eigenvalue weighted by Gasteiger charge is 2.20. The molecule has 0 bridgehead atoms. The van der Waals surface area contributed by atoms with Gasteiger partial charge >= 0.3 is 0 Å². The van der Waals surface area contributed by atoms with Crippen LogP contribution < -0.4 is 5.32 Å². The zero-order valence-electron chi connectivity index (χ0n) is 13.7. The first-order chi connectivity index (χ1) is 12.8. The summed E-state index contributed by atoms with van der Waals surface area (Å²) in [4.78, 5) is 23.7. The van der Waals surface area contributed by atoms with Gasteiger partial charge in [0.2, 0.25) is 0 Å². The van der Waals surface area contributed by atoms with Gasteiger partial charge in [-0.05, 0) is 42.1 Å². The van der Waals surface area contributed by atoms with Crippen molar-refractivity contribution < 1.29 is 9.72 Å². The SMILES string of the molecule is Cn1cnnc1Sc1ccc(C(=O)Nc2cc(Cl)ccc2Cl)cc1[N+](=O)[O-]. The van der Waals surface area contributed by atoms with Crippen molar-refractivity contribution in [1.82, 2.24) is 14.8 Å². The molecule has 138 valence electrons. The molecule has 0 atom stereocenters. The lowest BCUT2D eigenvalue weighted by Gasteiger charge is -2.09. The van der Waals surface area contributed by atoms with E-state index in [0.717, 1.165) is 11.8 Å². The van der Waals surface area contributed by atoms with Crippen molar-refractivity contribution in [2.24, 2.45) is 7.05 Å². The second-order valence-electron chi connectivity index (χ2n) is 5.34. The van der Waals surface area contributed by atoms with E-state index < -0.39 is 10.8 Å². The third-order valence-electron chi connectivity index (χ3n) is 3.47. The Morgan fingerprint density at radius 2 is 2.04 bits per heavy atom. The fraction of sp³-hybridized carbons (Fsp3) is 0.0625. The monoisotopic (exact) mass is 423 g/mol. The number of nitrogens with zero attached hydrogens (tertiary/aromatic N) is 4. The number of nitro benzene ring substituents is 1. The van der Waals surface area contributed by atoms with Crippen LogP contribution in [0, 0.1) is 10.1 Å². The quantitative estimate of drug-likeness (QED) is 0.480. The molecule has 0 radical (unpaired) electrons. The third-order valence-corrected chi connectivity index (χ3v) is 5.15. The topological polar surface area (TPSA) is 103 Å². The maximum absolute atomic E-state index is 12.5. The summed E-state index contributed by atoms with van der Waals surface area (Å²) >= 11 is 13.0. The molecule has 3 rings (SSSR count). The van der Waals surface area contributed by atoms with Gasteiger partial charge in [-0.1, -0.05) is 23.2 Å². The van der Waals surface area contributed by atoms with E-state index >= 15 is 0 Å². The molecule has 0 aliphatic rings. The van der Waals surface area contributed by atoms with Gasteiger partial charge in [0.15, 0.2) is 5.16 Å². The Labute approximate surface area is 167 Å². The third kappa shape index (κ3) is 4.38. The lowest BCUT2D eigenvalue weighted by atomic mass is 10.2. The molecule has 0 unspecified atom stereocenters. The van der Waals surface area contributed by atoms with E-state index in [1.165, 1.54) is 30.6 Å². The zero-order chi connectivity index (χ0) is 19.6. The number of hydrogen-bond acceptors (Lipinski definition) is 6. The molecule has 0 fully saturated rings. The van der Waals surface area contributed by atoms with Crippen molar-refractivity contribution in [2.45, 2.75) is 10.1 Å². The first kappa shape index (κ1) is 19.2. The van der Waals surface area contributed by atoms with Gasteiger partial charge in [0.1, 0.15) is 6.33 Å². The molecule has 11 heteroatoms. The van der Waals surface area contributed by atoms with Crippen LogP contribution >= 0.6 is 35.0 Å². The van der Waals surface area contributed by atoms with Crippen LogP contribution in [-0.4, -0.2) is 25.6 Å². The van der Waals surface area contributed by atoms with Crippen LogP contribution in [0.4, 0.5) is 11.4 Å². The molecule has 1 N–H and O–H groups in total. The fourth-order valence-electron chi connectivity index (χ4n) is 2.14. The van der Waals surface area contributed by atoms with Gasteiger partial charge in [0, 0.05) is 23.7 Å². The molecule has 0 saturated carbocycles. The van der Waals surface area contributed by atoms with Crippen LogP contribution in [0.1, 0.15) is 10.4 Å². The number of anilines is 1. The molecule has 0 spiro atoms. The zero-order valence-corrected chi connectivity index (χ0v) is 16.0. The molecule has 1 aromatic heterocycles. The van der Waals surface area contributed by atoms with Crippen molar-refractivity contribution >= 4 is 52.2 Å². The van der Waals surface area contributed by atoms with Gasteiger partial charge in [-0.25, -0.2) is 0 Å². The first-order valence-corrected chi connectivity index (χ1v) is 8.99. The molecule has 0 saturated heterocycles. The Kier molecular flexibility index (Phi) is 5.64. The van der Waals surface area contributed by atoms with Crippen molar-refractivity contribution in [3.8, 4) is 0 Å². The summed E-state index contributed by atoms with van der Waals surface area (Å²) in [5, 5.41) is 22.9. The van der Waals surface area contributed by atoms with Crippen LogP contribution in [0.3, 0.4) is 0 Å². The van der Waals surface area contributed by atoms with Crippen LogP contribution in [0.25, 0.3) is 0 Å². The summed E-state index contributed by atoms with van der Waals surface area (Å²) in [7, 11) is 1.73. The molecule has 2 aromatic carbocycles. The second-order valence-corrected chi connectivity index (χ2v) is 7.20. The number of aryl methyl sites for hydroxylation is 1. The molecule has 1 amide bonds. The van der Waals surface area contributed by atoms with Crippen molar-refractivity contribution in [2.75, 3.05) is 5.32 Å². The van der Waals surface area contributed by atoms with Crippen LogP contribution in [0.15, 0.2) is 52.8 Å². The predicted octanol–water partition coefficient (Wildman–Crippen LogP) is 4.43. The average molecular weight is 424 g/mol. The second kappa shape index (κ2) is 7.95. The van der Waals surface area contributed by atoms with E-state index in [1.807, 2.05) is 0 Å². The van der Waals surface area contributed by atoms with E-state index in [0.29, 0.717) is 25.8 Å². The Morgan fingerprint density at radius 1 is 1.26 bits per heavy atom. The predicted molar refractivity (Wildman–Crippen MR) is 103 cm³/mol. The van der Waals surface area contributed by atoms with E-state index in [1.54, 1.807) is 23.7 Å². The minimum absolute atomic E-state index is 0.111. The normalized spacial score (nSPS) is 10.6. The molecular weight excluding hydrogens is 413 g/mol. The summed E-state index contributed by atoms with van der Waals surface area (Å²) < 4.78 is 1.64. The van der Waals surface area contributed by atoms with Gasteiger partial charge in [0.05, 0.1) is 20.5 Å². The summed E-state index contributed by atoms with van der Waals surface area (Å²) in [6.07, 6.45) is 1.49. The number of halogens is 2. The van der Waals surface area contributed by atoms with E-state index in [4.69, 9.17) is 23.2 Å². The van der Waals surface area contributed by atoms with Gasteiger partial charge in [-0.15, -0.1) is 10.2 Å². The smallest absolute Gasteiger partial charge is 0.284 e. The number of nitro groups is 1. The highest BCUT2D eigenvalue weighted by molar-refractivity contribution is 7.99. The van der Waals surface area contributed by atoms with Crippen LogP contribution in [0.5, 0.6) is 0 Å². The number of carbonyl (C=O) groups is 1. The first-order valence-electron chi connectivity index (χ1n) is 7.42. The summed E-state index contributed by atoms with van der Waals surface area (Å²) in [5.41, 5.74) is 0.210.